The molecule has 6 nitrogen and oxygen atoms in total. The molecule has 1 aromatic rings. The zero-order valence-corrected chi connectivity index (χ0v) is 10.9. The van der Waals surface area contributed by atoms with E-state index in [4.69, 9.17) is 5.73 Å². The van der Waals surface area contributed by atoms with E-state index in [2.05, 4.69) is 16.7 Å². The highest BCUT2D eigenvalue weighted by Crippen LogP contribution is 2.39. The van der Waals surface area contributed by atoms with Crippen molar-refractivity contribution in [3.63, 3.8) is 0 Å². The molecule has 0 aromatic carbocycles. The number of sulfonamides is 1. The quantitative estimate of drug-likeness (QED) is 0.821. The average Bonchev–Trinajstić information content (AvgIpc) is 2.53. The Morgan fingerprint density at radius 2 is 2.24 bits per heavy atom. The summed E-state index contributed by atoms with van der Waals surface area (Å²) in [4.78, 5) is 0.0583. The summed E-state index contributed by atoms with van der Waals surface area (Å²) < 4.78 is 28.0. The maximum absolute atomic E-state index is 12.0. The van der Waals surface area contributed by atoms with Gasteiger partial charge in [-0.25, -0.2) is 13.1 Å². The van der Waals surface area contributed by atoms with E-state index in [0.717, 1.165) is 12.8 Å². The number of nitrogens with zero attached hydrogens (tertiary/aromatic N) is 2. The molecule has 3 N–H and O–H groups in total. The minimum absolute atomic E-state index is 0.0405. The van der Waals surface area contributed by atoms with Crippen molar-refractivity contribution in [1.29, 1.82) is 0 Å². The van der Waals surface area contributed by atoms with Crippen LogP contribution in [0.3, 0.4) is 0 Å². The summed E-state index contributed by atoms with van der Waals surface area (Å²) in [6.45, 7) is 2.55. The van der Waals surface area contributed by atoms with Crippen LogP contribution in [0.25, 0.3) is 0 Å². The maximum atomic E-state index is 12.0. The van der Waals surface area contributed by atoms with Crippen molar-refractivity contribution in [2.75, 3.05) is 12.3 Å². The van der Waals surface area contributed by atoms with Crippen LogP contribution in [0, 0.1) is 5.41 Å². The van der Waals surface area contributed by atoms with Crippen molar-refractivity contribution < 1.29 is 8.42 Å². The Morgan fingerprint density at radius 1 is 1.59 bits per heavy atom. The number of nitrogens with two attached hydrogens (primary N) is 1. The van der Waals surface area contributed by atoms with Crippen LogP contribution in [-0.2, 0) is 17.1 Å². The lowest BCUT2D eigenvalue weighted by Crippen LogP contribution is -2.39. The molecular formula is C10H18N4O2S. The normalized spacial score (nSPS) is 18.9. The molecule has 0 radical (unpaired) electrons. The minimum atomic E-state index is -3.54. The van der Waals surface area contributed by atoms with Gasteiger partial charge in [-0.2, -0.15) is 5.10 Å². The van der Waals surface area contributed by atoms with Gasteiger partial charge in [0.2, 0.25) is 10.0 Å². The zero-order chi connectivity index (χ0) is 12.7. The Balaban J connectivity index is 2.11. The highest BCUT2D eigenvalue weighted by molar-refractivity contribution is 7.89. The summed E-state index contributed by atoms with van der Waals surface area (Å²) in [5.41, 5.74) is 5.66. The van der Waals surface area contributed by atoms with E-state index in [1.54, 1.807) is 7.05 Å². The van der Waals surface area contributed by atoms with E-state index >= 15 is 0 Å². The van der Waals surface area contributed by atoms with Crippen molar-refractivity contribution in [3.8, 4) is 0 Å². The molecule has 17 heavy (non-hydrogen) atoms. The van der Waals surface area contributed by atoms with Crippen LogP contribution in [0.5, 0.6) is 0 Å². The highest BCUT2D eigenvalue weighted by Gasteiger charge is 2.33. The summed E-state index contributed by atoms with van der Waals surface area (Å²) in [6.07, 6.45) is 4.73. The summed E-state index contributed by atoms with van der Waals surface area (Å²) >= 11 is 0. The van der Waals surface area contributed by atoms with E-state index in [-0.39, 0.29) is 16.1 Å². The van der Waals surface area contributed by atoms with E-state index in [1.165, 1.54) is 17.3 Å². The standard InChI is InChI=1S/C10H18N4O2S/c1-10(4-3-5-10)7-12-17(15,16)8-6-14(2)13-9(8)11/h6,12H,3-5,7H2,1-2H3,(H2,11,13). The second-order valence-electron chi connectivity index (χ2n) is 5.04. The van der Waals surface area contributed by atoms with Gasteiger partial charge in [0.05, 0.1) is 0 Å². The highest BCUT2D eigenvalue weighted by atomic mass is 32.2. The molecule has 1 aliphatic rings. The molecule has 0 bridgehead atoms. The maximum Gasteiger partial charge on any atom is 0.245 e. The van der Waals surface area contributed by atoms with Crippen molar-refractivity contribution >= 4 is 15.8 Å². The molecule has 0 atom stereocenters. The Bertz CT molecular complexity index is 516. The van der Waals surface area contributed by atoms with Gasteiger partial charge >= 0.3 is 0 Å². The fraction of sp³-hybridized carbons (Fsp3) is 0.700. The number of aromatic nitrogens is 2. The molecule has 0 amide bonds. The second-order valence-corrected chi connectivity index (χ2v) is 6.78. The van der Waals surface area contributed by atoms with Crippen LogP contribution in [0.15, 0.2) is 11.1 Å². The number of hydrogen-bond donors (Lipinski definition) is 2. The number of anilines is 1. The molecule has 96 valence electrons. The van der Waals surface area contributed by atoms with Crippen molar-refractivity contribution in [2.24, 2.45) is 12.5 Å². The first-order chi connectivity index (χ1) is 7.82. The third kappa shape index (κ3) is 2.44. The number of aryl methyl sites for hydroxylation is 1. The Labute approximate surface area is 101 Å². The third-order valence-corrected chi connectivity index (χ3v) is 4.78. The topological polar surface area (TPSA) is 90.0 Å². The predicted molar refractivity (Wildman–Crippen MR) is 64.8 cm³/mol. The van der Waals surface area contributed by atoms with Crippen molar-refractivity contribution in [2.45, 2.75) is 31.1 Å². The molecule has 0 unspecified atom stereocenters. The van der Waals surface area contributed by atoms with E-state index in [1.807, 2.05) is 0 Å². The van der Waals surface area contributed by atoms with Crippen molar-refractivity contribution in [3.05, 3.63) is 6.20 Å². The molecule has 1 fully saturated rings. The van der Waals surface area contributed by atoms with E-state index in [0.29, 0.717) is 6.54 Å². The van der Waals surface area contributed by atoms with Crippen LogP contribution in [0.4, 0.5) is 5.82 Å². The molecule has 7 heteroatoms. The summed E-state index contributed by atoms with van der Waals surface area (Å²) in [6, 6.07) is 0. The number of hydrogen-bond acceptors (Lipinski definition) is 4. The summed E-state index contributed by atoms with van der Waals surface area (Å²) in [5, 5.41) is 3.83. The zero-order valence-electron chi connectivity index (χ0n) is 10.1. The van der Waals surface area contributed by atoms with Gasteiger partial charge in [-0.3, -0.25) is 4.68 Å². The third-order valence-electron chi connectivity index (χ3n) is 3.36. The fourth-order valence-electron chi connectivity index (χ4n) is 2.00. The lowest BCUT2D eigenvalue weighted by Gasteiger charge is -2.38. The lowest BCUT2D eigenvalue weighted by molar-refractivity contribution is 0.166. The van der Waals surface area contributed by atoms with Crippen LogP contribution in [0.2, 0.25) is 0 Å². The van der Waals surface area contributed by atoms with Gasteiger partial charge in [-0.1, -0.05) is 13.3 Å². The molecule has 1 aromatic heterocycles. The van der Waals surface area contributed by atoms with Gasteiger partial charge in [-0.05, 0) is 18.3 Å². The molecule has 0 saturated heterocycles. The molecule has 1 saturated carbocycles. The number of rotatable bonds is 4. The van der Waals surface area contributed by atoms with E-state index in [9.17, 15) is 8.42 Å². The SMILES string of the molecule is Cn1cc(S(=O)(=O)NCC2(C)CCC2)c(N)n1. The molecule has 2 rings (SSSR count). The second kappa shape index (κ2) is 3.99. The van der Waals surface area contributed by atoms with Crippen molar-refractivity contribution in [1.82, 2.24) is 14.5 Å². The van der Waals surface area contributed by atoms with Gasteiger partial charge in [0.25, 0.3) is 0 Å². The van der Waals surface area contributed by atoms with Gasteiger partial charge in [0, 0.05) is 19.8 Å². The summed E-state index contributed by atoms with van der Waals surface area (Å²) in [5.74, 6) is 0.0405. The van der Waals surface area contributed by atoms with Crippen LogP contribution in [0.1, 0.15) is 26.2 Å². The Morgan fingerprint density at radius 3 is 2.65 bits per heavy atom. The Hall–Kier alpha value is -1.08. The molecule has 0 spiro atoms. The molecule has 0 aliphatic heterocycles. The molecule has 1 heterocycles. The first kappa shape index (κ1) is 12.4. The molecule has 1 aliphatic carbocycles. The first-order valence-electron chi connectivity index (χ1n) is 5.61. The van der Waals surface area contributed by atoms with Gasteiger partial charge < -0.3 is 5.73 Å². The van der Waals surface area contributed by atoms with Gasteiger partial charge in [0.15, 0.2) is 5.82 Å². The predicted octanol–water partition coefficient (Wildman–Crippen LogP) is 0.471. The lowest BCUT2D eigenvalue weighted by atomic mass is 9.71. The number of nitrogen functional groups attached to an aromatic ring is 1. The summed E-state index contributed by atoms with van der Waals surface area (Å²) in [7, 11) is -1.90. The van der Waals surface area contributed by atoms with Crippen LogP contribution >= 0.6 is 0 Å². The van der Waals surface area contributed by atoms with E-state index < -0.39 is 10.0 Å². The van der Waals surface area contributed by atoms with Crippen LogP contribution in [-0.4, -0.2) is 24.7 Å². The average molecular weight is 258 g/mol. The van der Waals surface area contributed by atoms with Gasteiger partial charge in [0.1, 0.15) is 4.90 Å². The van der Waals surface area contributed by atoms with Gasteiger partial charge in [-0.15, -0.1) is 0 Å². The smallest absolute Gasteiger partial charge is 0.245 e. The first-order valence-corrected chi connectivity index (χ1v) is 7.10. The molecular weight excluding hydrogens is 240 g/mol. The fourth-order valence-corrected chi connectivity index (χ4v) is 3.30. The largest absolute Gasteiger partial charge is 0.381 e. The Kier molecular flexibility index (Phi) is 2.90. The minimum Gasteiger partial charge on any atom is -0.381 e. The van der Waals surface area contributed by atoms with Crippen LogP contribution < -0.4 is 10.5 Å². The monoisotopic (exact) mass is 258 g/mol. The number of nitrogens with one attached hydrogen (secondary N) is 1.